The molecule has 2 aromatic rings. The van der Waals surface area contributed by atoms with Crippen LogP contribution in [0, 0.1) is 11.8 Å². The van der Waals surface area contributed by atoms with Gasteiger partial charge in [-0.05, 0) is 43.9 Å². The lowest BCUT2D eigenvalue weighted by atomic mass is 10.0. The summed E-state index contributed by atoms with van der Waals surface area (Å²) in [6.07, 6.45) is 5.44. The number of amides is 2. The Balaban J connectivity index is 1.38. The van der Waals surface area contributed by atoms with Crippen LogP contribution in [0.15, 0.2) is 41.3 Å². The fraction of sp³-hybridized carbons (Fsp3) is 0.409. The number of hydrogen-bond donors (Lipinski definition) is 2. The van der Waals surface area contributed by atoms with Crippen LogP contribution in [0.1, 0.15) is 31.2 Å². The second kappa shape index (κ2) is 9.23. The summed E-state index contributed by atoms with van der Waals surface area (Å²) in [6, 6.07) is 9.01. The first kappa shape index (κ1) is 20.3. The van der Waals surface area contributed by atoms with Gasteiger partial charge in [-0.2, -0.15) is 0 Å². The van der Waals surface area contributed by atoms with E-state index in [4.69, 9.17) is 11.6 Å². The quantitative estimate of drug-likeness (QED) is 0.738. The lowest BCUT2D eigenvalue weighted by molar-refractivity contribution is 0.161. The second-order valence-electron chi connectivity index (χ2n) is 7.61. The van der Waals surface area contributed by atoms with Crippen LogP contribution in [0.2, 0.25) is 5.02 Å². The molecule has 1 saturated carbocycles. The number of H-pyrrole nitrogens is 1. The molecule has 2 N–H and O–H groups in total. The first-order chi connectivity index (χ1) is 14.6. The first-order valence-electron chi connectivity index (χ1n) is 10.2. The Hall–Kier alpha value is -2.98. The molecule has 1 aromatic carbocycles. The van der Waals surface area contributed by atoms with E-state index in [-0.39, 0.29) is 30.2 Å². The average molecular weight is 426 g/mol. The minimum atomic E-state index is -0.169. The van der Waals surface area contributed by atoms with Crippen molar-refractivity contribution in [3.8, 4) is 11.8 Å². The molecule has 2 amide bonds. The average Bonchev–Trinajstić information content (AvgIpc) is 3.57. The number of aromatic nitrogens is 2. The summed E-state index contributed by atoms with van der Waals surface area (Å²) in [5.74, 6) is 6.58. The van der Waals surface area contributed by atoms with E-state index in [2.05, 4.69) is 32.0 Å². The maximum absolute atomic E-state index is 12.9. The van der Waals surface area contributed by atoms with Crippen molar-refractivity contribution in [3.63, 3.8) is 0 Å². The van der Waals surface area contributed by atoms with Crippen LogP contribution in [0.25, 0.3) is 0 Å². The fourth-order valence-corrected chi connectivity index (χ4v) is 3.99. The molecule has 0 spiro atoms. The number of hydrogen-bond acceptors (Lipinski definition) is 4. The largest absolute Gasteiger partial charge is 0.340 e. The summed E-state index contributed by atoms with van der Waals surface area (Å²) in [7, 11) is 0. The smallest absolute Gasteiger partial charge is 0.318 e. The molecule has 0 unspecified atom stereocenters. The maximum Gasteiger partial charge on any atom is 0.318 e. The minimum Gasteiger partial charge on any atom is -0.340 e. The van der Waals surface area contributed by atoms with E-state index in [0.717, 1.165) is 37.8 Å². The number of nitrogens with one attached hydrogen (secondary N) is 2. The number of carbonyl (C=O) groups excluding carboxylic acids is 1. The van der Waals surface area contributed by atoms with Gasteiger partial charge in [-0.15, -0.1) is 0 Å². The van der Waals surface area contributed by atoms with Crippen LogP contribution in [0.3, 0.4) is 0 Å². The number of carbonyl (C=O) groups is 1. The topological polar surface area (TPSA) is 81.3 Å². The van der Waals surface area contributed by atoms with Gasteiger partial charge in [0.25, 0.3) is 5.56 Å². The molecule has 156 valence electrons. The molecule has 2 heterocycles. The summed E-state index contributed by atoms with van der Waals surface area (Å²) in [5, 5.41) is 3.58. The monoisotopic (exact) mass is 425 g/mol. The van der Waals surface area contributed by atoms with Crippen LogP contribution in [0.4, 0.5) is 10.7 Å². The van der Waals surface area contributed by atoms with E-state index in [1.54, 1.807) is 12.1 Å². The van der Waals surface area contributed by atoms with Gasteiger partial charge in [-0.25, -0.2) is 9.78 Å². The van der Waals surface area contributed by atoms with Crippen molar-refractivity contribution in [2.24, 2.45) is 0 Å². The van der Waals surface area contributed by atoms with Crippen molar-refractivity contribution < 1.29 is 4.79 Å². The fourth-order valence-electron chi connectivity index (χ4n) is 3.80. The molecule has 1 saturated heterocycles. The first-order valence-corrected chi connectivity index (χ1v) is 10.6. The van der Waals surface area contributed by atoms with Gasteiger partial charge in [0.05, 0.1) is 12.6 Å². The number of piperidine rings is 1. The van der Waals surface area contributed by atoms with E-state index in [9.17, 15) is 9.59 Å². The van der Waals surface area contributed by atoms with E-state index in [0.29, 0.717) is 17.5 Å². The van der Waals surface area contributed by atoms with Crippen LogP contribution in [-0.2, 0) is 0 Å². The van der Waals surface area contributed by atoms with Gasteiger partial charge in [-0.3, -0.25) is 9.78 Å². The number of aromatic amines is 1. The van der Waals surface area contributed by atoms with Crippen LogP contribution >= 0.6 is 11.6 Å². The highest BCUT2D eigenvalue weighted by molar-refractivity contribution is 6.30. The van der Waals surface area contributed by atoms with Crippen LogP contribution in [0.5, 0.6) is 0 Å². The van der Waals surface area contributed by atoms with Crippen molar-refractivity contribution >= 4 is 23.6 Å². The lowest BCUT2D eigenvalue weighted by Crippen LogP contribution is -2.54. The van der Waals surface area contributed by atoms with Gasteiger partial charge < -0.3 is 15.1 Å². The Kier molecular flexibility index (Phi) is 6.24. The third-order valence-corrected chi connectivity index (χ3v) is 5.54. The zero-order valence-electron chi connectivity index (χ0n) is 16.6. The summed E-state index contributed by atoms with van der Waals surface area (Å²) < 4.78 is 0. The summed E-state index contributed by atoms with van der Waals surface area (Å²) in [5.41, 5.74) is 0.653. The number of benzene rings is 1. The molecule has 2 aliphatic rings. The predicted molar refractivity (Wildman–Crippen MR) is 117 cm³/mol. The molecule has 1 atom stereocenters. The molecule has 0 radical (unpaired) electrons. The summed E-state index contributed by atoms with van der Waals surface area (Å²) in [4.78, 5) is 35.6. The Morgan fingerprint density at radius 1 is 1.30 bits per heavy atom. The van der Waals surface area contributed by atoms with Gasteiger partial charge in [0.15, 0.2) is 0 Å². The highest BCUT2D eigenvalue weighted by atomic mass is 35.5. The zero-order valence-corrected chi connectivity index (χ0v) is 17.4. The molecule has 30 heavy (non-hydrogen) atoms. The third kappa shape index (κ3) is 5.14. The van der Waals surface area contributed by atoms with Gasteiger partial charge in [0.1, 0.15) is 0 Å². The number of halogens is 1. The van der Waals surface area contributed by atoms with Gasteiger partial charge in [0, 0.05) is 42.0 Å². The molecule has 0 bridgehead atoms. The number of nitrogens with zero attached hydrogens (tertiary/aromatic N) is 3. The van der Waals surface area contributed by atoms with E-state index < -0.39 is 0 Å². The van der Waals surface area contributed by atoms with Crippen LogP contribution in [-0.4, -0.2) is 52.6 Å². The molecule has 1 aliphatic heterocycles. The standard InChI is InChI=1S/C22H24ClN5O2/c23-17-6-1-4-16(14-17)5-2-11-25-22(30)28(18-8-9-18)19-7-3-13-27(15-19)21-24-12-10-20(29)26-21/h1,4,6,10,12,14,18-19H,3,7-9,11,13,15H2,(H,25,30)(H,24,26,29)/t19-/m1/s1. The third-order valence-electron chi connectivity index (χ3n) is 5.31. The second-order valence-corrected chi connectivity index (χ2v) is 8.05. The van der Waals surface area contributed by atoms with Gasteiger partial charge in [-0.1, -0.05) is 29.5 Å². The van der Waals surface area contributed by atoms with Gasteiger partial charge in [0.2, 0.25) is 5.95 Å². The molecule has 2 fully saturated rings. The Morgan fingerprint density at radius 2 is 2.17 bits per heavy atom. The molecule has 7 nitrogen and oxygen atoms in total. The van der Waals surface area contributed by atoms with Crippen molar-refractivity contribution in [1.29, 1.82) is 0 Å². The minimum absolute atomic E-state index is 0.0812. The molecular weight excluding hydrogens is 402 g/mol. The molecule has 1 aliphatic carbocycles. The molecular formula is C22H24ClN5O2. The van der Waals surface area contributed by atoms with Gasteiger partial charge >= 0.3 is 6.03 Å². The highest BCUT2D eigenvalue weighted by Crippen LogP contribution is 2.31. The number of urea groups is 1. The Morgan fingerprint density at radius 3 is 2.93 bits per heavy atom. The van der Waals surface area contributed by atoms with Crippen molar-refractivity contribution in [2.45, 2.75) is 37.8 Å². The Bertz CT molecular complexity index is 1020. The summed E-state index contributed by atoms with van der Waals surface area (Å²) in [6.45, 7) is 1.75. The lowest BCUT2D eigenvalue weighted by Gasteiger charge is -2.39. The van der Waals surface area contributed by atoms with E-state index in [1.807, 2.05) is 17.0 Å². The molecule has 1 aromatic heterocycles. The molecule has 8 heteroatoms. The van der Waals surface area contributed by atoms with Crippen molar-refractivity contribution in [3.05, 3.63) is 57.5 Å². The van der Waals surface area contributed by atoms with E-state index >= 15 is 0 Å². The zero-order chi connectivity index (χ0) is 20.9. The number of anilines is 1. The van der Waals surface area contributed by atoms with Crippen molar-refractivity contribution in [2.75, 3.05) is 24.5 Å². The normalized spacial score (nSPS) is 18.3. The molecule has 4 rings (SSSR count). The SMILES string of the molecule is O=C(NCC#Cc1cccc(Cl)c1)N(C1CC1)[C@@H]1CCCN(c2nccc(=O)[nH]2)C1. The Labute approximate surface area is 180 Å². The van der Waals surface area contributed by atoms with Crippen LogP contribution < -0.4 is 15.8 Å². The highest BCUT2D eigenvalue weighted by Gasteiger charge is 2.39. The predicted octanol–water partition coefficient (Wildman–Crippen LogP) is 2.62. The maximum atomic E-state index is 12.9. The number of rotatable bonds is 4. The van der Waals surface area contributed by atoms with E-state index in [1.165, 1.54) is 12.3 Å². The summed E-state index contributed by atoms with van der Waals surface area (Å²) >= 11 is 5.97. The van der Waals surface area contributed by atoms with Crippen molar-refractivity contribution in [1.82, 2.24) is 20.2 Å².